The number of aromatic amines is 1. The molecule has 2 heterocycles. The molecule has 4 aromatic rings. The van der Waals surface area contributed by atoms with E-state index in [9.17, 15) is 19.2 Å². The molecule has 0 atom stereocenters. The number of aryl methyl sites for hydroxylation is 1. The Labute approximate surface area is 200 Å². The Hall–Kier alpha value is -4.34. The lowest BCUT2D eigenvalue weighted by Crippen LogP contribution is -2.43. The average Bonchev–Trinajstić information content (AvgIpc) is 3.08. The molecular formula is C25H28N6O4. The largest absolute Gasteiger partial charge is 0.383 e. The quantitative estimate of drug-likeness (QED) is 0.401. The second-order valence-corrected chi connectivity index (χ2v) is 8.38. The van der Waals surface area contributed by atoms with Crippen molar-refractivity contribution >= 4 is 28.4 Å². The Bertz CT molecular complexity index is 1540. The Morgan fingerprint density at radius 2 is 1.63 bits per heavy atom. The van der Waals surface area contributed by atoms with Crippen molar-refractivity contribution in [2.24, 2.45) is 7.05 Å². The summed E-state index contributed by atoms with van der Waals surface area (Å²) in [6.07, 6.45) is 1.49. The van der Waals surface area contributed by atoms with Crippen molar-refractivity contribution in [1.29, 1.82) is 0 Å². The third-order valence-corrected chi connectivity index (χ3v) is 6.05. The second kappa shape index (κ2) is 9.88. The number of nitrogen functional groups attached to an aromatic ring is 1. The van der Waals surface area contributed by atoms with Crippen LogP contribution in [0.5, 0.6) is 0 Å². The van der Waals surface area contributed by atoms with Gasteiger partial charge in [-0.2, -0.15) is 0 Å². The zero-order chi connectivity index (χ0) is 25.1. The van der Waals surface area contributed by atoms with Gasteiger partial charge in [0.2, 0.25) is 5.91 Å². The molecule has 0 aliphatic heterocycles. The molecule has 0 saturated carbocycles. The minimum atomic E-state index is -0.755. The summed E-state index contributed by atoms with van der Waals surface area (Å²) >= 11 is 0. The van der Waals surface area contributed by atoms with E-state index in [2.05, 4.69) is 4.98 Å². The molecule has 0 aliphatic carbocycles. The van der Waals surface area contributed by atoms with Crippen molar-refractivity contribution in [1.82, 2.24) is 18.7 Å². The number of aromatic nitrogens is 4. The maximum absolute atomic E-state index is 13.7. The van der Waals surface area contributed by atoms with Gasteiger partial charge in [-0.15, -0.1) is 0 Å². The SMILES string of the molecule is CCCCn1c(N)c(N(Cc2ccccc2)C(=O)Cn2c(=O)n(C)c3ccccc32)c(=O)[nH]c1=O. The predicted octanol–water partition coefficient (Wildman–Crippen LogP) is 1.81. The first-order valence-corrected chi connectivity index (χ1v) is 11.4. The Kier molecular flexibility index (Phi) is 6.72. The van der Waals surface area contributed by atoms with Gasteiger partial charge in [-0.25, -0.2) is 9.59 Å². The van der Waals surface area contributed by atoms with Gasteiger partial charge >= 0.3 is 11.4 Å². The van der Waals surface area contributed by atoms with E-state index in [0.717, 1.165) is 12.0 Å². The molecule has 0 aliphatic rings. The molecule has 10 nitrogen and oxygen atoms in total. The number of unbranched alkanes of at least 4 members (excludes halogenated alkanes) is 1. The fourth-order valence-corrected chi connectivity index (χ4v) is 4.17. The van der Waals surface area contributed by atoms with Crippen molar-refractivity contribution in [3.63, 3.8) is 0 Å². The Morgan fingerprint density at radius 1 is 0.971 bits per heavy atom. The summed E-state index contributed by atoms with van der Waals surface area (Å²) in [5.41, 5.74) is 6.52. The molecule has 4 rings (SSSR count). The van der Waals surface area contributed by atoms with Gasteiger partial charge in [0, 0.05) is 13.6 Å². The number of H-pyrrole nitrogens is 1. The lowest BCUT2D eigenvalue weighted by atomic mass is 10.2. The number of hydrogen-bond acceptors (Lipinski definition) is 5. The highest BCUT2D eigenvalue weighted by Gasteiger charge is 2.26. The molecule has 0 bridgehead atoms. The molecule has 2 aromatic carbocycles. The summed E-state index contributed by atoms with van der Waals surface area (Å²) in [6, 6.07) is 16.3. The Balaban J connectivity index is 1.83. The van der Waals surface area contributed by atoms with Crippen LogP contribution >= 0.6 is 0 Å². The molecule has 0 saturated heterocycles. The molecule has 35 heavy (non-hydrogen) atoms. The van der Waals surface area contributed by atoms with E-state index in [1.807, 2.05) is 43.3 Å². The molecular weight excluding hydrogens is 448 g/mol. The van der Waals surface area contributed by atoms with Crippen LogP contribution in [-0.2, 0) is 31.5 Å². The minimum absolute atomic E-state index is 0.0401. The predicted molar refractivity (Wildman–Crippen MR) is 135 cm³/mol. The average molecular weight is 477 g/mol. The van der Waals surface area contributed by atoms with Gasteiger partial charge in [0.1, 0.15) is 12.4 Å². The third kappa shape index (κ3) is 4.54. The molecule has 0 radical (unpaired) electrons. The monoisotopic (exact) mass is 476 g/mol. The second-order valence-electron chi connectivity index (χ2n) is 8.38. The van der Waals surface area contributed by atoms with Crippen molar-refractivity contribution < 1.29 is 4.79 Å². The normalized spacial score (nSPS) is 11.1. The Morgan fingerprint density at radius 3 is 2.31 bits per heavy atom. The molecule has 0 fully saturated rings. The molecule has 0 spiro atoms. The fraction of sp³-hybridized carbons (Fsp3) is 0.280. The van der Waals surface area contributed by atoms with Crippen molar-refractivity contribution in [3.05, 3.63) is 91.5 Å². The molecule has 1 amide bonds. The number of anilines is 2. The van der Waals surface area contributed by atoms with Crippen LogP contribution in [0, 0.1) is 0 Å². The van der Waals surface area contributed by atoms with Gasteiger partial charge in [0.15, 0.2) is 5.69 Å². The number of nitrogens with one attached hydrogen (secondary N) is 1. The van der Waals surface area contributed by atoms with E-state index in [-0.39, 0.29) is 30.3 Å². The van der Waals surface area contributed by atoms with Crippen molar-refractivity contribution in [2.75, 3.05) is 10.6 Å². The van der Waals surface area contributed by atoms with Crippen LogP contribution in [0.15, 0.2) is 69.0 Å². The number of imidazole rings is 1. The number of amides is 1. The summed E-state index contributed by atoms with van der Waals surface area (Å²) in [5.74, 6) is -0.591. The van der Waals surface area contributed by atoms with E-state index in [1.165, 1.54) is 18.6 Å². The van der Waals surface area contributed by atoms with E-state index in [0.29, 0.717) is 24.0 Å². The number of nitrogens with zero attached hydrogens (tertiary/aromatic N) is 4. The number of rotatable bonds is 8. The molecule has 10 heteroatoms. The van der Waals surface area contributed by atoms with Crippen LogP contribution in [-0.4, -0.2) is 24.6 Å². The van der Waals surface area contributed by atoms with Crippen LogP contribution < -0.4 is 27.6 Å². The topological polar surface area (TPSA) is 128 Å². The van der Waals surface area contributed by atoms with Gasteiger partial charge in [0.25, 0.3) is 5.56 Å². The number of fused-ring (bicyclic) bond motifs is 1. The number of carbonyl (C=O) groups excluding carboxylic acids is 1. The van der Waals surface area contributed by atoms with Crippen LogP contribution in [0.1, 0.15) is 25.3 Å². The van der Waals surface area contributed by atoms with Crippen molar-refractivity contribution in [3.8, 4) is 0 Å². The van der Waals surface area contributed by atoms with E-state index >= 15 is 0 Å². The first-order chi connectivity index (χ1) is 16.8. The number of hydrogen-bond donors (Lipinski definition) is 2. The molecule has 0 unspecified atom stereocenters. The van der Waals surface area contributed by atoms with E-state index < -0.39 is 17.2 Å². The lowest BCUT2D eigenvalue weighted by Gasteiger charge is -2.25. The summed E-state index contributed by atoms with van der Waals surface area (Å²) in [5, 5.41) is 0. The van der Waals surface area contributed by atoms with E-state index in [4.69, 9.17) is 5.73 Å². The fourth-order valence-electron chi connectivity index (χ4n) is 4.17. The standard InChI is InChI=1S/C25H28N6O4/c1-3-4-14-29-22(26)21(23(33)27-24(29)34)31(15-17-10-6-5-7-11-17)20(32)16-30-19-13-9-8-12-18(19)28(2)25(30)35/h5-13H,3-4,14-16,26H2,1-2H3,(H,27,33,34). The molecule has 182 valence electrons. The lowest BCUT2D eigenvalue weighted by molar-refractivity contribution is -0.119. The molecule has 2 aromatic heterocycles. The van der Waals surface area contributed by atoms with Gasteiger partial charge in [-0.1, -0.05) is 55.8 Å². The smallest absolute Gasteiger partial charge is 0.330 e. The van der Waals surface area contributed by atoms with Crippen LogP contribution in [0.25, 0.3) is 11.0 Å². The number of carbonyl (C=O) groups is 1. The van der Waals surface area contributed by atoms with Gasteiger partial charge < -0.3 is 5.73 Å². The first kappa shape index (κ1) is 23.8. The summed E-state index contributed by atoms with van der Waals surface area (Å²) in [6.45, 7) is 2.01. The third-order valence-electron chi connectivity index (χ3n) is 6.05. The highest BCUT2D eigenvalue weighted by atomic mass is 16.2. The summed E-state index contributed by atoms with van der Waals surface area (Å²) < 4.78 is 4.11. The van der Waals surface area contributed by atoms with Crippen LogP contribution in [0.4, 0.5) is 11.5 Å². The zero-order valence-corrected chi connectivity index (χ0v) is 19.7. The maximum Gasteiger partial charge on any atom is 0.330 e. The van der Waals surface area contributed by atoms with Crippen molar-refractivity contribution in [2.45, 2.75) is 39.4 Å². The molecule has 3 N–H and O–H groups in total. The van der Waals surface area contributed by atoms with Crippen LogP contribution in [0.3, 0.4) is 0 Å². The highest BCUT2D eigenvalue weighted by molar-refractivity contribution is 5.96. The summed E-state index contributed by atoms with van der Waals surface area (Å²) in [4.78, 5) is 55.5. The highest BCUT2D eigenvalue weighted by Crippen LogP contribution is 2.21. The zero-order valence-electron chi connectivity index (χ0n) is 19.7. The number of nitrogens with two attached hydrogens (primary N) is 1. The number of benzene rings is 2. The minimum Gasteiger partial charge on any atom is -0.383 e. The summed E-state index contributed by atoms with van der Waals surface area (Å²) in [7, 11) is 1.64. The van der Waals surface area contributed by atoms with Gasteiger partial charge in [0.05, 0.1) is 17.6 Å². The number of para-hydroxylation sites is 2. The van der Waals surface area contributed by atoms with Gasteiger partial charge in [-0.3, -0.25) is 33.2 Å². The van der Waals surface area contributed by atoms with E-state index in [1.54, 1.807) is 25.2 Å². The van der Waals surface area contributed by atoms with Crippen LogP contribution in [0.2, 0.25) is 0 Å². The first-order valence-electron chi connectivity index (χ1n) is 11.4. The maximum atomic E-state index is 13.7. The van der Waals surface area contributed by atoms with Gasteiger partial charge in [-0.05, 0) is 24.1 Å².